The van der Waals surface area contributed by atoms with Crippen molar-refractivity contribution in [1.82, 2.24) is 5.43 Å². The van der Waals surface area contributed by atoms with E-state index in [1.54, 1.807) is 24.3 Å². The fourth-order valence-electron chi connectivity index (χ4n) is 2.10. The molecule has 0 heterocycles. The zero-order chi connectivity index (χ0) is 19.2. The maximum absolute atomic E-state index is 13.3. The van der Waals surface area contributed by atoms with Crippen LogP contribution in [0.1, 0.15) is 5.56 Å². The maximum Gasteiger partial charge on any atom is 0.260 e. The predicted molar refractivity (Wildman–Crippen MR) is 97.3 cm³/mol. The molecule has 0 atom stereocenters. The minimum atomic E-state index is -3.78. The second kappa shape index (κ2) is 8.43. The maximum atomic E-state index is 13.3. The van der Waals surface area contributed by atoms with E-state index in [1.807, 2.05) is 0 Å². The molecule has 0 saturated carbocycles. The molecule has 0 aliphatic rings. The normalized spacial score (nSPS) is 11.3. The number of nitrogens with one attached hydrogen (secondary N) is 1. The van der Waals surface area contributed by atoms with Gasteiger partial charge in [0.2, 0.25) is 10.0 Å². The lowest BCUT2D eigenvalue weighted by molar-refractivity contribution is -0.119. The SMILES string of the molecule is COc1cccc(/C=N\NC(=O)CN(c2cccc(F)c2)S(C)(=O)=O)c1. The van der Waals surface area contributed by atoms with Crippen LogP contribution in [-0.2, 0) is 14.8 Å². The van der Waals surface area contributed by atoms with Crippen molar-refractivity contribution in [3.05, 3.63) is 59.9 Å². The average molecular weight is 379 g/mol. The van der Waals surface area contributed by atoms with Crippen molar-refractivity contribution in [3.63, 3.8) is 0 Å². The summed E-state index contributed by atoms with van der Waals surface area (Å²) >= 11 is 0. The number of methoxy groups -OCH3 is 1. The van der Waals surface area contributed by atoms with Crippen molar-refractivity contribution in [2.24, 2.45) is 5.10 Å². The summed E-state index contributed by atoms with van der Waals surface area (Å²) in [4.78, 5) is 12.0. The summed E-state index contributed by atoms with van der Waals surface area (Å²) in [6.07, 6.45) is 2.33. The summed E-state index contributed by atoms with van der Waals surface area (Å²) in [6, 6.07) is 12.0. The lowest BCUT2D eigenvalue weighted by Gasteiger charge is -2.21. The summed E-state index contributed by atoms with van der Waals surface area (Å²) in [5.41, 5.74) is 2.99. The van der Waals surface area contributed by atoms with E-state index >= 15 is 0 Å². The van der Waals surface area contributed by atoms with Crippen LogP contribution in [0, 0.1) is 5.82 Å². The molecule has 2 aromatic rings. The second-order valence-corrected chi connectivity index (χ2v) is 7.23. The third-order valence-electron chi connectivity index (χ3n) is 3.28. The van der Waals surface area contributed by atoms with Gasteiger partial charge in [0.05, 0.1) is 25.3 Å². The molecule has 0 aliphatic heterocycles. The summed E-state index contributed by atoms with van der Waals surface area (Å²) in [5.74, 6) is -0.638. The van der Waals surface area contributed by atoms with E-state index in [4.69, 9.17) is 4.74 Å². The molecular formula is C17H18FN3O4S. The number of amides is 1. The molecule has 26 heavy (non-hydrogen) atoms. The third kappa shape index (κ3) is 5.55. The van der Waals surface area contributed by atoms with Crippen molar-refractivity contribution in [2.75, 3.05) is 24.2 Å². The van der Waals surface area contributed by atoms with E-state index in [0.717, 1.165) is 16.6 Å². The Kier molecular flexibility index (Phi) is 6.29. The zero-order valence-electron chi connectivity index (χ0n) is 14.2. The molecule has 0 unspecified atom stereocenters. The molecule has 138 valence electrons. The number of carbonyl (C=O) groups is 1. The number of anilines is 1. The minimum absolute atomic E-state index is 0.0550. The van der Waals surface area contributed by atoms with Crippen LogP contribution in [0.2, 0.25) is 0 Å². The quantitative estimate of drug-likeness (QED) is 0.586. The molecule has 0 saturated heterocycles. The Morgan fingerprint density at radius 3 is 2.65 bits per heavy atom. The highest BCUT2D eigenvalue weighted by molar-refractivity contribution is 7.92. The number of hydrogen-bond donors (Lipinski definition) is 1. The van der Waals surface area contributed by atoms with Crippen LogP contribution in [0.4, 0.5) is 10.1 Å². The van der Waals surface area contributed by atoms with Crippen molar-refractivity contribution >= 4 is 27.8 Å². The van der Waals surface area contributed by atoms with Crippen LogP contribution in [0.3, 0.4) is 0 Å². The van der Waals surface area contributed by atoms with Gasteiger partial charge in [0.25, 0.3) is 5.91 Å². The Morgan fingerprint density at radius 2 is 2.00 bits per heavy atom. The molecule has 2 rings (SSSR count). The molecule has 2 aromatic carbocycles. The summed E-state index contributed by atoms with van der Waals surface area (Å²) in [7, 11) is -2.25. The first-order valence-electron chi connectivity index (χ1n) is 7.49. The summed E-state index contributed by atoms with van der Waals surface area (Å²) in [6.45, 7) is -0.530. The highest BCUT2D eigenvalue weighted by atomic mass is 32.2. The summed E-state index contributed by atoms with van der Waals surface area (Å²) < 4.78 is 43.1. The number of benzene rings is 2. The van der Waals surface area contributed by atoms with E-state index in [9.17, 15) is 17.6 Å². The van der Waals surface area contributed by atoms with Gasteiger partial charge in [0.1, 0.15) is 18.1 Å². The highest BCUT2D eigenvalue weighted by Crippen LogP contribution is 2.18. The number of hydrazone groups is 1. The Hall–Kier alpha value is -2.94. The van der Waals surface area contributed by atoms with Crippen molar-refractivity contribution in [1.29, 1.82) is 0 Å². The first kappa shape index (κ1) is 19.4. The fourth-order valence-corrected chi connectivity index (χ4v) is 2.95. The van der Waals surface area contributed by atoms with E-state index < -0.39 is 28.3 Å². The van der Waals surface area contributed by atoms with Crippen LogP contribution < -0.4 is 14.5 Å². The number of ether oxygens (including phenoxy) is 1. The molecule has 0 fully saturated rings. The van der Waals surface area contributed by atoms with E-state index in [0.29, 0.717) is 11.3 Å². The van der Waals surface area contributed by atoms with E-state index in [2.05, 4.69) is 10.5 Å². The molecular weight excluding hydrogens is 361 g/mol. The van der Waals surface area contributed by atoms with Gasteiger partial charge in [0, 0.05) is 0 Å². The molecule has 0 bridgehead atoms. The van der Waals surface area contributed by atoms with Crippen molar-refractivity contribution in [3.8, 4) is 5.75 Å². The molecule has 0 radical (unpaired) electrons. The van der Waals surface area contributed by atoms with Gasteiger partial charge in [-0.05, 0) is 35.9 Å². The highest BCUT2D eigenvalue weighted by Gasteiger charge is 2.21. The first-order valence-corrected chi connectivity index (χ1v) is 9.33. The fraction of sp³-hybridized carbons (Fsp3) is 0.176. The monoisotopic (exact) mass is 379 g/mol. The van der Waals surface area contributed by atoms with Gasteiger partial charge in [0.15, 0.2) is 0 Å². The van der Waals surface area contributed by atoms with Crippen LogP contribution in [0.5, 0.6) is 5.75 Å². The lowest BCUT2D eigenvalue weighted by atomic mass is 10.2. The zero-order valence-corrected chi connectivity index (χ0v) is 15.0. The van der Waals surface area contributed by atoms with Crippen molar-refractivity contribution in [2.45, 2.75) is 0 Å². The number of halogens is 1. The van der Waals surface area contributed by atoms with Crippen molar-refractivity contribution < 1.29 is 22.3 Å². The van der Waals surface area contributed by atoms with Gasteiger partial charge in [-0.25, -0.2) is 18.2 Å². The van der Waals surface area contributed by atoms with Crippen LogP contribution in [0.15, 0.2) is 53.6 Å². The minimum Gasteiger partial charge on any atom is -0.497 e. The standard InChI is InChI=1S/C17H18FN3O4S/c1-25-16-8-3-5-13(9-16)11-19-20-17(22)12-21(26(2,23)24)15-7-4-6-14(18)10-15/h3-11H,12H2,1-2H3,(H,20,22)/b19-11-. The average Bonchev–Trinajstić information content (AvgIpc) is 2.59. The number of nitrogens with zero attached hydrogens (tertiary/aromatic N) is 2. The molecule has 0 aromatic heterocycles. The van der Waals surface area contributed by atoms with Crippen LogP contribution in [-0.4, -0.2) is 40.4 Å². The molecule has 0 aliphatic carbocycles. The summed E-state index contributed by atoms with van der Waals surface area (Å²) in [5, 5.41) is 3.79. The number of hydrogen-bond acceptors (Lipinski definition) is 5. The number of sulfonamides is 1. The smallest absolute Gasteiger partial charge is 0.260 e. The van der Waals surface area contributed by atoms with Gasteiger partial charge in [-0.15, -0.1) is 0 Å². The molecule has 1 N–H and O–H groups in total. The van der Waals surface area contributed by atoms with Gasteiger partial charge < -0.3 is 4.74 Å². The number of carbonyl (C=O) groups excluding carboxylic acids is 1. The Labute approximate surface area is 151 Å². The predicted octanol–water partition coefficient (Wildman–Crippen LogP) is 1.75. The Morgan fingerprint density at radius 1 is 1.27 bits per heavy atom. The Bertz CT molecular complexity index is 916. The number of rotatable bonds is 7. The largest absolute Gasteiger partial charge is 0.497 e. The lowest BCUT2D eigenvalue weighted by Crippen LogP contribution is -2.39. The van der Waals surface area contributed by atoms with E-state index in [-0.39, 0.29) is 5.69 Å². The second-order valence-electron chi connectivity index (χ2n) is 5.32. The molecule has 1 amide bonds. The third-order valence-corrected chi connectivity index (χ3v) is 4.42. The van der Waals surface area contributed by atoms with Crippen LogP contribution >= 0.6 is 0 Å². The van der Waals surface area contributed by atoms with Gasteiger partial charge in [-0.1, -0.05) is 18.2 Å². The topological polar surface area (TPSA) is 88.1 Å². The molecule has 7 nitrogen and oxygen atoms in total. The molecule has 9 heteroatoms. The first-order chi connectivity index (χ1) is 12.3. The van der Waals surface area contributed by atoms with E-state index in [1.165, 1.54) is 31.5 Å². The van der Waals surface area contributed by atoms with Crippen LogP contribution in [0.25, 0.3) is 0 Å². The van der Waals surface area contributed by atoms with Gasteiger partial charge in [-0.3, -0.25) is 9.10 Å². The van der Waals surface area contributed by atoms with Gasteiger partial charge in [-0.2, -0.15) is 5.10 Å². The van der Waals surface area contributed by atoms with Gasteiger partial charge >= 0.3 is 0 Å². The Balaban J connectivity index is 2.07. The molecule has 0 spiro atoms.